The summed E-state index contributed by atoms with van der Waals surface area (Å²) in [5, 5.41) is 3.46. The summed E-state index contributed by atoms with van der Waals surface area (Å²) < 4.78 is 26.4. The Balaban J connectivity index is 2.12. The average Bonchev–Trinajstić information content (AvgIpc) is 2.69. The Morgan fingerprint density at radius 2 is 1.86 bits per heavy atom. The predicted octanol–water partition coefficient (Wildman–Crippen LogP) is 2.70. The molecule has 6 heteroatoms. The van der Waals surface area contributed by atoms with Gasteiger partial charge in [0, 0.05) is 12.6 Å². The third kappa shape index (κ3) is 4.35. The number of hydrogen-bond donors (Lipinski definition) is 3. The van der Waals surface area contributed by atoms with E-state index in [0.29, 0.717) is 18.3 Å². The van der Waals surface area contributed by atoms with Crippen molar-refractivity contribution in [2.24, 2.45) is 0 Å². The quantitative estimate of drug-likeness (QED) is 0.576. The number of rotatable bonds is 5. The molecule has 1 aromatic carbocycles. The zero-order chi connectivity index (χ0) is 15.3. The highest BCUT2D eigenvalue weighted by atomic mass is 32.2. The molecule has 0 heterocycles. The zero-order valence-corrected chi connectivity index (χ0v) is 13.4. The third-order valence-corrected chi connectivity index (χ3v) is 5.43. The van der Waals surface area contributed by atoms with Crippen molar-refractivity contribution in [3.63, 3.8) is 0 Å². The van der Waals surface area contributed by atoms with Crippen LogP contribution in [0, 0.1) is 0 Å². The monoisotopic (exact) mass is 311 g/mol. The number of hydrogen-bond acceptors (Lipinski definition) is 4. The molecule has 5 nitrogen and oxygen atoms in total. The topological polar surface area (TPSA) is 84.2 Å². The molecule has 1 fully saturated rings. The molecule has 118 valence electrons. The summed E-state index contributed by atoms with van der Waals surface area (Å²) in [7, 11) is -3.45. The maximum Gasteiger partial charge on any atom is 0.240 e. The second kappa shape index (κ2) is 7.13. The summed E-state index contributed by atoms with van der Waals surface area (Å²) >= 11 is 0. The summed E-state index contributed by atoms with van der Waals surface area (Å²) in [6.07, 6.45) is 7.38. The summed E-state index contributed by atoms with van der Waals surface area (Å²) in [5.41, 5.74) is 7.33. The van der Waals surface area contributed by atoms with Gasteiger partial charge in [0.2, 0.25) is 10.0 Å². The van der Waals surface area contributed by atoms with E-state index in [0.717, 1.165) is 18.5 Å². The van der Waals surface area contributed by atoms with E-state index >= 15 is 0 Å². The summed E-state index contributed by atoms with van der Waals surface area (Å²) in [6, 6.07) is 5.33. The third-order valence-electron chi connectivity index (χ3n) is 3.88. The van der Waals surface area contributed by atoms with Gasteiger partial charge in [0.1, 0.15) is 0 Å². The van der Waals surface area contributed by atoms with Crippen LogP contribution in [0.5, 0.6) is 0 Å². The van der Waals surface area contributed by atoms with Gasteiger partial charge in [-0.1, -0.05) is 32.6 Å². The second-order valence-corrected chi connectivity index (χ2v) is 7.35. The molecule has 1 aliphatic rings. The van der Waals surface area contributed by atoms with Crippen LogP contribution in [-0.2, 0) is 10.0 Å². The number of nitrogens with two attached hydrogens (primary N) is 1. The standard InChI is InChI=1S/C15H25N3O2S/c1-2-17-21(19,20)13-9-10-15(14(16)11-13)18-12-7-5-3-4-6-8-12/h9-12,17-18H,2-8,16H2,1H3. The highest BCUT2D eigenvalue weighted by Gasteiger charge is 2.16. The van der Waals surface area contributed by atoms with Gasteiger partial charge in [0.25, 0.3) is 0 Å². The van der Waals surface area contributed by atoms with E-state index in [9.17, 15) is 8.42 Å². The first-order valence-electron chi connectivity index (χ1n) is 7.68. The van der Waals surface area contributed by atoms with E-state index < -0.39 is 10.0 Å². The Morgan fingerprint density at radius 3 is 2.43 bits per heavy atom. The van der Waals surface area contributed by atoms with Crippen molar-refractivity contribution in [3.8, 4) is 0 Å². The van der Waals surface area contributed by atoms with Crippen LogP contribution >= 0.6 is 0 Å². The van der Waals surface area contributed by atoms with Crippen molar-refractivity contribution in [1.82, 2.24) is 4.72 Å². The van der Waals surface area contributed by atoms with Gasteiger partial charge in [-0.05, 0) is 31.0 Å². The number of sulfonamides is 1. The molecular weight excluding hydrogens is 286 g/mol. The second-order valence-electron chi connectivity index (χ2n) is 5.58. The van der Waals surface area contributed by atoms with Crippen LogP contribution in [0.2, 0.25) is 0 Å². The SMILES string of the molecule is CCNS(=O)(=O)c1ccc(NC2CCCCCC2)c(N)c1. The van der Waals surface area contributed by atoms with Gasteiger partial charge in [-0.2, -0.15) is 0 Å². The van der Waals surface area contributed by atoms with Crippen LogP contribution in [0.25, 0.3) is 0 Å². The normalized spacial score (nSPS) is 17.4. The lowest BCUT2D eigenvalue weighted by molar-refractivity contribution is 0.584. The van der Waals surface area contributed by atoms with Gasteiger partial charge in [-0.15, -0.1) is 0 Å². The minimum atomic E-state index is -3.45. The largest absolute Gasteiger partial charge is 0.397 e. The molecule has 1 aliphatic carbocycles. The van der Waals surface area contributed by atoms with Crippen LogP contribution < -0.4 is 15.8 Å². The Morgan fingerprint density at radius 1 is 1.19 bits per heavy atom. The Labute approximate surface area is 127 Å². The fourth-order valence-electron chi connectivity index (χ4n) is 2.76. The zero-order valence-electron chi connectivity index (χ0n) is 12.6. The maximum absolute atomic E-state index is 11.9. The van der Waals surface area contributed by atoms with Crippen LogP contribution in [0.4, 0.5) is 11.4 Å². The molecule has 1 saturated carbocycles. The van der Waals surface area contributed by atoms with E-state index in [1.54, 1.807) is 19.1 Å². The first kappa shape index (κ1) is 16.1. The highest BCUT2D eigenvalue weighted by molar-refractivity contribution is 7.89. The molecule has 0 spiro atoms. The van der Waals surface area contributed by atoms with Gasteiger partial charge in [-0.25, -0.2) is 13.1 Å². The van der Waals surface area contributed by atoms with Crippen molar-refractivity contribution < 1.29 is 8.42 Å². The lowest BCUT2D eigenvalue weighted by Crippen LogP contribution is -2.23. The average molecular weight is 311 g/mol. The minimum Gasteiger partial charge on any atom is -0.397 e. The Hall–Kier alpha value is -1.27. The maximum atomic E-state index is 11.9. The van der Waals surface area contributed by atoms with E-state index in [4.69, 9.17) is 5.73 Å². The minimum absolute atomic E-state index is 0.216. The molecule has 0 radical (unpaired) electrons. The van der Waals surface area contributed by atoms with Gasteiger partial charge in [-0.3, -0.25) is 0 Å². The first-order chi connectivity index (χ1) is 10.0. The summed E-state index contributed by atoms with van der Waals surface area (Å²) in [4.78, 5) is 0.216. The molecule has 0 amide bonds. The van der Waals surface area contributed by atoms with E-state index in [2.05, 4.69) is 10.0 Å². The van der Waals surface area contributed by atoms with Crippen molar-refractivity contribution in [2.45, 2.75) is 56.4 Å². The Kier molecular flexibility index (Phi) is 5.47. The number of nitrogens with one attached hydrogen (secondary N) is 2. The molecule has 0 aromatic heterocycles. The van der Waals surface area contributed by atoms with Gasteiger partial charge in [0.15, 0.2) is 0 Å². The summed E-state index contributed by atoms with van der Waals surface area (Å²) in [6.45, 7) is 2.12. The van der Waals surface area contributed by atoms with Gasteiger partial charge in [0.05, 0.1) is 16.3 Å². The summed E-state index contributed by atoms with van der Waals surface area (Å²) in [5.74, 6) is 0. The van der Waals surface area contributed by atoms with Crippen molar-refractivity contribution in [2.75, 3.05) is 17.6 Å². The molecule has 1 aromatic rings. The van der Waals surface area contributed by atoms with Crippen LogP contribution in [0.3, 0.4) is 0 Å². The van der Waals surface area contributed by atoms with Crippen molar-refractivity contribution in [1.29, 1.82) is 0 Å². The smallest absolute Gasteiger partial charge is 0.240 e. The molecule has 2 rings (SSSR count). The number of anilines is 2. The van der Waals surface area contributed by atoms with E-state index in [1.807, 2.05) is 0 Å². The highest BCUT2D eigenvalue weighted by Crippen LogP contribution is 2.26. The van der Waals surface area contributed by atoms with E-state index in [1.165, 1.54) is 31.7 Å². The molecule has 0 bridgehead atoms. The van der Waals surface area contributed by atoms with Crippen LogP contribution in [0.1, 0.15) is 45.4 Å². The number of nitrogen functional groups attached to an aromatic ring is 1. The molecular formula is C15H25N3O2S. The molecule has 0 atom stereocenters. The molecule has 21 heavy (non-hydrogen) atoms. The predicted molar refractivity (Wildman–Crippen MR) is 86.8 cm³/mol. The lowest BCUT2D eigenvalue weighted by atomic mass is 10.1. The molecule has 0 aliphatic heterocycles. The fourth-order valence-corrected chi connectivity index (χ4v) is 3.83. The first-order valence-corrected chi connectivity index (χ1v) is 9.17. The molecule has 0 saturated heterocycles. The van der Waals surface area contributed by atoms with Gasteiger partial charge < -0.3 is 11.1 Å². The van der Waals surface area contributed by atoms with Crippen LogP contribution in [0.15, 0.2) is 23.1 Å². The lowest BCUT2D eigenvalue weighted by Gasteiger charge is -2.19. The van der Waals surface area contributed by atoms with Crippen LogP contribution in [-0.4, -0.2) is 21.0 Å². The van der Waals surface area contributed by atoms with Gasteiger partial charge >= 0.3 is 0 Å². The van der Waals surface area contributed by atoms with Crippen molar-refractivity contribution in [3.05, 3.63) is 18.2 Å². The Bertz CT molecular complexity index is 564. The molecule has 4 N–H and O–H groups in total. The van der Waals surface area contributed by atoms with E-state index in [-0.39, 0.29) is 4.90 Å². The fraction of sp³-hybridized carbons (Fsp3) is 0.600. The number of benzene rings is 1. The van der Waals surface area contributed by atoms with Crippen molar-refractivity contribution >= 4 is 21.4 Å². The molecule has 0 unspecified atom stereocenters.